The van der Waals surface area contributed by atoms with E-state index in [-0.39, 0.29) is 17.2 Å². The van der Waals surface area contributed by atoms with Crippen molar-refractivity contribution >= 4 is 11.8 Å². The van der Waals surface area contributed by atoms with Crippen LogP contribution in [0, 0.1) is 12.3 Å². The predicted octanol–water partition coefficient (Wildman–Crippen LogP) is 2.42. The van der Waals surface area contributed by atoms with Crippen LogP contribution in [0.15, 0.2) is 35.4 Å². The van der Waals surface area contributed by atoms with Gasteiger partial charge in [0.25, 0.3) is 5.91 Å². The number of hydrogen-bond donors (Lipinski definition) is 0. The van der Waals surface area contributed by atoms with E-state index in [1.165, 1.54) is 12.5 Å². The molecule has 2 fully saturated rings. The van der Waals surface area contributed by atoms with Gasteiger partial charge >= 0.3 is 0 Å². The van der Waals surface area contributed by atoms with Gasteiger partial charge in [0, 0.05) is 37.7 Å². The summed E-state index contributed by atoms with van der Waals surface area (Å²) >= 11 is 0. The minimum atomic E-state index is -0.0380. The van der Waals surface area contributed by atoms with Crippen LogP contribution in [0.4, 0.5) is 0 Å². The molecular weight excluding hydrogens is 344 g/mol. The molecule has 2 aromatic rings. The summed E-state index contributed by atoms with van der Waals surface area (Å²) < 4.78 is 5.06. The molecule has 2 aliphatic heterocycles. The summed E-state index contributed by atoms with van der Waals surface area (Å²) in [5.74, 6) is 0.164. The molecule has 2 aromatic heterocycles. The van der Waals surface area contributed by atoms with E-state index in [0.29, 0.717) is 31.6 Å². The molecule has 7 heteroatoms. The Morgan fingerprint density at radius 1 is 1.26 bits per heavy atom. The van der Waals surface area contributed by atoms with E-state index in [9.17, 15) is 9.59 Å². The molecule has 0 aliphatic carbocycles. The summed E-state index contributed by atoms with van der Waals surface area (Å²) in [4.78, 5) is 37.7. The highest BCUT2D eigenvalue weighted by Gasteiger charge is 2.43. The van der Waals surface area contributed by atoms with Crippen LogP contribution in [-0.2, 0) is 11.3 Å². The van der Waals surface area contributed by atoms with Crippen molar-refractivity contribution < 1.29 is 14.0 Å². The van der Waals surface area contributed by atoms with Crippen LogP contribution in [0.5, 0.6) is 0 Å². The van der Waals surface area contributed by atoms with E-state index in [1.54, 1.807) is 18.5 Å². The molecule has 27 heavy (non-hydrogen) atoms. The minimum absolute atomic E-state index is 0.00989. The smallest absolute Gasteiger partial charge is 0.257 e. The lowest BCUT2D eigenvalue weighted by molar-refractivity contribution is -0.139. The first kappa shape index (κ1) is 17.7. The van der Waals surface area contributed by atoms with Crippen molar-refractivity contribution in [2.45, 2.75) is 39.2 Å². The molecule has 0 aromatic carbocycles. The number of hydrogen-bond acceptors (Lipinski definition) is 5. The molecule has 4 rings (SSSR count). The van der Waals surface area contributed by atoms with Crippen molar-refractivity contribution in [1.82, 2.24) is 19.8 Å². The van der Waals surface area contributed by atoms with E-state index >= 15 is 0 Å². The molecule has 142 valence electrons. The molecule has 0 unspecified atom stereocenters. The fourth-order valence-electron chi connectivity index (χ4n) is 4.23. The second kappa shape index (κ2) is 7.13. The van der Waals surface area contributed by atoms with Crippen LogP contribution < -0.4 is 0 Å². The Kier molecular flexibility index (Phi) is 4.68. The van der Waals surface area contributed by atoms with Crippen LogP contribution in [-0.4, -0.2) is 51.2 Å². The molecular formula is C20H24N4O3. The Labute approximate surface area is 158 Å². The van der Waals surface area contributed by atoms with Crippen molar-refractivity contribution in [1.29, 1.82) is 0 Å². The summed E-state index contributed by atoms with van der Waals surface area (Å²) in [5.41, 5.74) is 2.21. The molecule has 2 saturated heterocycles. The Morgan fingerprint density at radius 2 is 2.15 bits per heavy atom. The summed E-state index contributed by atoms with van der Waals surface area (Å²) in [7, 11) is 0. The van der Waals surface area contributed by atoms with Gasteiger partial charge < -0.3 is 14.2 Å². The first-order valence-electron chi connectivity index (χ1n) is 9.41. The van der Waals surface area contributed by atoms with E-state index in [0.717, 1.165) is 37.2 Å². The lowest BCUT2D eigenvalue weighted by Crippen LogP contribution is -2.54. The Bertz CT molecular complexity index is 818. The zero-order chi connectivity index (χ0) is 18.9. The topological polar surface area (TPSA) is 79.5 Å². The number of likely N-dealkylation sites (tertiary alicyclic amines) is 2. The third kappa shape index (κ3) is 3.72. The summed E-state index contributed by atoms with van der Waals surface area (Å²) in [5, 5.41) is 0. The molecule has 4 heterocycles. The molecule has 1 atom stereocenters. The maximum absolute atomic E-state index is 12.7. The number of aryl methyl sites for hydroxylation is 1. The van der Waals surface area contributed by atoms with E-state index in [1.807, 2.05) is 16.7 Å². The van der Waals surface area contributed by atoms with Gasteiger partial charge in [-0.2, -0.15) is 0 Å². The van der Waals surface area contributed by atoms with Crippen LogP contribution >= 0.6 is 0 Å². The van der Waals surface area contributed by atoms with Crippen molar-refractivity contribution in [3.63, 3.8) is 0 Å². The molecule has 2 aliphatic rings. The molecule has 0 saturated carbocycles. The SMILES string of the molecule is Cc1cnc(CN2C[C@@]3(CCCN(C(=O)c4ccoc4)C3)CCC2=O)cn1. The van der Waals surface area contributed by atoms with Gasteiger partial charge in [0.05, 0.1) is 36.0 Å². The number of carbonyl (C=O) groups excluding carboxylic acids is 2. The second-order valence-electron chi connectivity index (χ2n) is 7.74. The number of furan rings is 1. The highest BCUT2D eigenvalue weighted by molar-refractivity contribution is 5.94. The molecule has 0 radical (unpaired) electrons. The lowest BCUT2D eigenvalue weighted by atomic mass is 9.73. The zero-order valence-electron chi connectivity index (χ0n) is 15.6. The molecule has 7 nitrogen and oxygen atoms in total. The number of nitrogens with zero attached hydrogens (tertiary/aromatic N) is 4. The van der Waals surface area contributed by atoms with Gasteiger partial charge in [0.2, 0.25) is 5.91 Å². The molecule has 2 amide bonds. The van der Waals surface area contributed by atoms with Crippen molar-refractivity contribution in [3.05, 3.63) is 47.9 Å². The Hall–Kier alpha value is -2.70. The zero-order valence-corrected chi connectivity index (χ0v) is 15.6. The normalized spacial score (nSPS) is 23.1. The molecule has 0 N–H and O–H groups in total. The quantitative estimate of drug-likeness (QED) is 0.831. The first-order chi connectivity index (χ1) is 13.0. The number of amides is 2. The van der Waals surface area contributed by atoms with Crippen molar-refractivity contribution in [2.75, 3.05) is 19.6 Å². The van der Waals surface area contributed by atoms with Gasteiger partial charge in [0.15, 0.2) is 0 Å². The van der Waals surface area contributed by atoms with Crippen LogP contribution in [0.3, 0.4) is 0 Å². The fourth-order valence-corrected chi connectivity index (χ4v) is 4.23. The van der Waals surface area contributed by atoms with Gasteiger partial charge in [0.1, 0.15) is 6.26 Å². The number of rotatable bonds is 3. The maximum atomic E-state index is 12.7. The number of piperidine rings is 2. The van der Waals surface area contributed by atoms with Gasteiger partial charge in [-0.25, -0.2) is 0 Å². The molecule has 0 bridgehead atoms. The monoisotopic (exact) mass is 368 g/mol. The summed E-state index contributed by atoms with van der Waals surface area (Å²) in [6.45, 7) is 4.47. The Morgan fingerprint density at radius 3 is 2.89 bits per heavy atom. The van der Waals surface area contributed by atoms with Gasteiger partial charge in [-0.3, -0.25) is 19.6 Å². The summed E-state index contributed by atoms with van der Waals surface area (Å²) in [6, 6.07) is 1.70. The van der Waals surface area contributed by atoms with Crippen LogP contribution in [0.25, 0.3) is 0 Å². The predicted molar refractivity (Wildman–Crippen MR) is 97.7 cm³/mol. The van der Waals surface area contributed by atoms with Crippen LogP contribution in [0.1, 0.15) is 47.4 Å². The highest BCUT2D eigenvalue weighted by atomic mass is 16.3. The number of aromatic nitrogens is 2. The molecule has 1 spiro atoms. The highest BCUT2D eigenvalue weighted by Crippen LogP contribution is 2.39. The van der Waals surface area contributed by atoms with Gasteiger partial charge in [-0.1, -0.05) is 0 Å². The van der Waals surface area contributed by atoms with Gasteiger partial charge in [-0.15, -0.1) is 0 Å². The van der Waals surface area contributed by atoms with Gasteiger partial charge in [-0.05, 0) is 32.3 Å². The number of carbonyl (C=O) groups is 2. The fraction of sp³-hybridized carbons (Fsp3) is 0.500. The average Bonchev–Trinajstić information content (AvgIpc) is 3.21. The van der Waals surface area contributed by atoms with Crippen molar-refractivity contribution in [2.24, 2.45) is 5.41 Å². The third-order valence-corrected chi connectivity index (χ3v) is 5.65. The van der Waals surface area contributed by atoms with E-state index in [4.69, 9.17) is 4.42 Å². The lowest BCUT2D eigenvalue weighted by Gasteiger charge is -2.48. The first-order valence-corrected chi connectivity index (χ1v) is 9.41. The minimum Gasteiger partial charge on any atom is -0.472 e. The van der Waals surface area contributed by atoms with Crippen LogP contribution in [0.2, 0.25) is 0 Å². The standard InChI is InChI=1S/C20H24N4O3/c1-15-9-22-17(10-21-15)11-24-14-20(6-3-18(24)25)5-2-7-23(13-20)19(26)16-4-8-27-12-16/h4,8-10,12H,2-3,5-7,11,13-14H2,1H3/t20-/m0/s1. The summed E-state index contributed by atoms with van der Waals surface area (Å²) in [6.07, 6.45) is 9.82. The average molecular weight is 368 g/mol. The largest absolute Gasteiger partial charge is 0.472 e. The third-order valence-electron chi connectivity index (χ3n) is 5.65. The van der Waals surface area contributed by atoms with E-state index < -0.39 is 0 Å². The van der Waals surface area contributed by atoms with E-state index in [2.05, 4.69) is 9.97 Å². The maximum Gasteiger partial charge on any atom is 0.257 e. The van der Waals surface area contributed by atoms with Crippen molar-refractivity contribution in [3.8, 4) is 0 Å². The second-order valence-corrected chi connectivity index (χ2v) is 7.74. The Balaban J connectivity index is 1.47.